The van der Waals surface area contributed by atoms with Crippen molar-refractivity contribution < 1.29 is 27.9 Å². The molecule has 3 rings (SSSR count). The van der Waals surface area contributed by atoms with Crippen LogP contribution in [0.3, 0.4) is 0 Å². The third-order valence-corrected chi connectivity index (χ3v) is 7.47. The average molecular weight is 523 g/mol. The minimum Gasteiger partial charge on any atom is -0.507 e. The number of likely N-dealkylation sites (tertiary alicyclic amines) is 1. The largest absolute Gasteiger partial charge is 0.507 e. The Hall–Kier alpha value is -2.53. The fourth-order valence-electron chi connectivity index (χ4n) is 3.47. The van der Waals surface area contributed by atoms with Crippen molar-refractivity contribution in [2.24, 2.45) is 0 Å². The summed E-state index contributed by atoms with van der Waals surface area (Å²) in [7, 11) is 0.685. The van der Waals surface area contributed by atoms with Crippen LogP contribution in [0.1, 0.15) is 17.2 Å². The lowest BCUT2D eigenvalue weighted by atomic mass is 9.95. The number of hydrogen-bond acceptors (Lipinski definition) is 6. The monoisotopic (exact) mass is 522 g/mol. The first-order valence-electron chi connectivity index (χ1n) is 9.65. The van der Waals surface area contributed by atoms with Gasteiger partial charge in [-0.1, -0.05) is 28.1 Å². The summed E-state index contributed by atoms with van der Waals surface area (Å²) in [5, 5.41) is 11.0. The second-order valence-electron chi connectivity index (χ2n) is 7.35. The van der Waals surface area contributed by atoms with Crippen molar-refractivity contribution in [3.63, 3.8) is 0 Å². The second-order valence-corrected chi connectivity index (χ2v) is 10.4. The predicted molar refractivity (Wildman–Crippen MR) is 122 cm³/mol. The summed E-state index contributed by atoms with van der Waals surface area (Å²) in [5.74, 6) is -1.92. The molecule has 10 heteroatoms. The van der Waals surface area contributed by atoms with Crippen LogP contribution in [-0.4, -0.2) is 68.8 Å². The molecule has 170 valence electrons. The van der Waals surface area contributed by atoms with Gasteiger partial charge < -0.3 is 14.7 Å². The van der Waals surface area contributed by atoms with E-state index in [4.69, 9.17) is 4.74 Å². The first-order valence-corrected chi connectivity index (χ1v) is 11.9. The first-order chi connectivity index (χ1) is 15.1. The highest BCUT2D eigenvalue weighted by atomic mass is 79.9. The van der Waals surface area contributed by atoms with Gasteiger partial charge in [0.2, 0.25) is 10.0 Å². The molecular weight excluding hydrogens is 500 g/mol. The Balaban J connectivity index is 2.13. The van der Waals surface area contributed by atoms with Gasteiger partial charge in [-0.15, -0.1) is 0 Å². The quantitative estimate of drug-likeness (QED) is 0.340. The zero-order valence-electron chi connectivity index (χ0n) is 17.8. The van der Waals surface area contributed by atoms with Gasteiger partial charge in [-0.2, -0.15) is 0 Å². The van der Waals surface area contributed by atoms with Crippen molar-refractivity contribution in [3.05, 3.63) is 69.7 Å². The normalized spacial score (nSPS) is 18.5. The lowest BCUT2D eigenvalue weighted by Gasteiger charge is -2.25. The van der Waals surface area contributed by atoms with Crippen molar-refractivity contribution in [1.82, 2.24) is 9.21 Å². The number of hydrogen-bond donors (Lipinski definition) is 1. The molecule has 0 bridgehead atoms. The zero-order chi connectivity index (χ0) is 23.6. The Morgan fingerprint density at radius 3 is 2.38 bits per heavy atom. The number of benzene rings is 2. The molecule has 2 aromatic rings. The predicted octanol–water partition coefficient (Wildman–Crippen LogP) is 2.77. The minimum absolute atomic E-state index is 0.0446. The third-order valence-electron chi connectivity index (χ3n) is 5.15. The van der Waals surface area contributed by atoms with Gasteiger partial charge in [0.05, 0.1) is 23.1 Å². The van der Waals surface area contributed by atoms with Crippen molar-refractivity contribution in [3.8, 4) is 0 Å². The fourth-order valence-corrected chi connectivity index (χ4v) is 4.79. The number of methoxy groups -OCH3 is 1. The average Bonchev–Trinajstić information content (AvgIpc) is 3.02. The van der Waals surface area contributed by atoms with Crippen LogP contribution < -0.4 is 0 Å². The number of carbonyl (C=O) groups excluding carboxylic acids is 2. The first kappa shape index (κ1) is 24.1. The van der Waals surface area contributed by atoms with Crippen LogP contribution in [0.15, 0.2) is 63.5 Å². The van der Waals surface area contributed by atoms with Crippen molar-refractivity contribution in [2.45, 2.75) is 10.9 Å². The molecule has 1 fully saturated rings. The van der Waals surface area contributed by atoms with Gasteiger partial charge >= 0.3 is 0 Å². The van der Waals surface area contributed by atoms with Gasteiger partial charge in [0.15, 0.2) is 0 Å². The van der Waals surface area contributed by atoms with Gasteiger partial charge in [-0.3, -0.25) is 9.59 Å². The summed E-state index contributed by atoms with van der Waals surface area (Å²) in [5.41, 5.74) is 0.808. The molecule has 1 amide bonds. The Kier molecular flexibility index (Phi) is 7.19. The van der Waals surface area contributed by atoms with E-state index in [9.17, 15) is 23.1 Å². The van der Waals surface area contributed by atoms with E-state index in [2.05, 4.69) is 15.9 Å². The van der Waals surface area contributed by atoms with Crippen LogP contribution in [0.25, 0.3) is 5.76 Å². The standard InChI is InChI=1S/C22H23BrN2O6S/c1-24(2)32(29,30)17-9-7-14(8-10-17)20(26)18-19(15-5-4-6-16(23)13-15)25(11-12-31-3)22(28)21(18)27/h4-10,13,19,26H,11-12H2,1-3H3/b20-18+/t19-/m1/s1. The molecule has 1 N–H and O–H groups in total. The molecular formula is C22H23BrN2O6S. The molecule has 0 aliphatic carbocycles. The molecule has 0 unspecified atom stereocenters. The van der Waals surface area contributed by atoms with Gasteiger partial charge in [0, 0.05) is 37.8 Å². The van der Waals surface area contributed by atoms with Gasteiger partial charge in [-0.05, 0) is 42.0 Å². The lowest BCUT2D eigenvalue weighted by molar-refractivity contribution is -0.140. The van der Waals surface area contributed by atoms with E-state index in [0.29, 0.717) is 5.56 Å². The summed E-state index contributed by atoms with van der Waals surface area (Å²) in [6.07, 6.45) is 0. The van der Waals surface area contributed by atoms with Gasteiger partial charge in [0.25, 0.3) is 11.7 Å². The number of nitrogens with zero attached hydrogens (tertiary/aromatic N) is 2. The number of Topliss-reactive ketones (excluding diaryl/α,β-unsaturated/α-hetero) is 1. The molecule has 32 heavy (non-hydrogen) atoms. The highest BCUT2D eigenvalue weighted by molar-refractivity contribution is 9.10. The molecule has 1 aliphatic rings. The van der Waals surface area contributed by atoms with Crippen LogP contribution in [0, 0.1) is 0 Å². The molecule has 1 heterocycles. The fraction of sp³-hybridized carbons (Fsp3) is 0.273. The SMILES string of the molecule is COCCN1C(=O)C(=O)/C(=C(/O)c2ccc(S(=O)(=O)N(C)C)cc2)[C@H]1c1cccc(Br)c1. The summed E-state index contributed by atoms with van der Waals surface area (Å²) in [6.45, 7) is 0.379. The number of ether oxygens (including phenoxy) is 1. The number of halogens is 1. The summed E-state index contributed by atoms with van der Waals surface area (Å²) in [4.78, 5) is 27.1. The molecule has 1 aliphatic heterocycles. The topological polar surface area (TPSA) is 104 Å². The number of amides is 1. The third kappa shape index (κ3) is 4.49. The molecule has 0 radical (unpaired) electrons. The number of aliphatic hydroxyl groups excluding tert-OH is 1. The molecule has 0 aromatic heterocycles. The van der Waals surface area contributed by atoms with E-state index < -0.39 is 27.8 Å². The second kappa shape index (κ2) is 9.53. The van der Waals surface area contributed by atoms with Gasteiger partial charge in [0.1, 0.15) is 5.76 Å². The highest BCUT2D eigenvalue weighted by Gasteiger charge is 2.45. The minimum atomic E-state index is -3.65. The Morgan fingerprint density at radius 2 is 1.81 bits per heavy atom. The van der Waals surface area contributed by atoms with E-state index in [1.54, 1.807) is 18.2 Å². The van der Waals surface area contributed by atoms with E-state index >= 15 is 0 Å². The molecule has 8 nitrogen and oxygen atoms in total. The summed E-state index contributed by atoms with van der Waals surface area (Å²) < 4.78 is 31.5. The van der Waals surface area contributed by atoms with E-state index in [0.717, 1.165) is 8.78 Å². The molecule has 0 spiro atoms. The van der Waals surface area contributed by atoms with Gasteiger partial charge in [-0.25, -0.2) is 12.7 Å². The van der Waals surface area contributed by atoms with E-state index in [1.165, 1.54) is 50.4 Å². The zero-order valence-corrected chi connectivity index (χ0v) is 20.2. The smallest absolute Gasteiger partial charge is 0.295 e. The molecule has 2 aromatic carbocycles. The van der Waals surface area contributed by atoms with Crippen molar-refractivity contribution in [2.75, 3.05) is 34.4 Å². The molecule has 0 saturated carbocycles. The van der Waals surface area contributed by atoms with E-state index in [1.807, 2.05) is 6.07 Å². The van der Waals surface area contributed by atoms with E-state index in [-0.39, 0.29) is 34.9 Å². The van der Waals surface area contributed by atoms with Crippen molar-refractivity contribution in [1.29, 1.82) is 0 Å². The van der Waals surface area contributed by atoms with Crippen LogP contribution in [-0.2, 0) is 24.3 Å². The Bertz CT molecular complexity index is 1180. The molecule has 1 atom stereocenters. The van der Waals surface area contributed by atoms with Crippen LogP contribution in [0.2, 0.25) is 0 Å². The number of ketones is 1. The Labute approximate surface area is 195 Å². The highest BCUT2D eigenvalue weighted by Crippen LogP contribution is 2.40. The number of rotatable bonds is 7. The van der Waals surface area contributed by atoms with Crippen molar-refractivity contribution >= 4 is 43.4 Å². The van der Waals surface area contributed by atoms with Crippen LogP contribution >= 0.6 is 15.9 Å². The Morgan fingerprint density at radius 1 is 1.16 bits per heavy atom. The number of aliphatic hydroxyl groups is 1. The maximum atomic E-state index is 12.9. The number of sulfonamides is 1. The maximum Gasteiger partial charge on any atom is 0.295 e. The van der Waals surface area contributed by atoms with Crippen LogP contribution in [0.5, 0.6) is 0 Å². The summed E-state index contributed by atoms with van der Waals surface area (Å²) >= 11 is 3.40. The van der Waals surface area contributed by atoms with Crippen LogP contribution in [0.4, 0.5) is 0 Å². The summed E-state index contributed by atoms with van der Waals surface area (Å²) in [6, 6.07) is 11.8. The lowest BCUT2D eigenvalue weighted by Crippen LogP contribution is -2.32. The molecule has 1 saturated heterocycles. The number of carbonyl (C=O) groups is 2. The maximum absolute atomic E-state index is 12.9.